The second-order valence-corrected chi connectivity index (χ2v) is 10.1. The zero-order valence-corrected chi connectivity index (χ0v) is 20.7. The molecule has 3 atom stereocenters. The quantitative estimate of drug-likeness (QED) is 0.450. The summed E-state index contributed by atoms with van der Waals surface area (Å²) >= 11 is 0. The van der Waals surface area contributed by atoms with Crippen LogP contribution in [0.25, 0.3) is 11.5 Å². The number of aryl methyl sites for hydroxylation is 1. The van der Waals surface area contributed by atoms with Crippen LogP contribution in [-0.2, 0) is 11.2 Å². The average Bonchev–Trinajstić information content (AvgIpc) is 3.28. The minimum atomic E-state index is 0.466. The van der Waals surface area contributed by atoms with E-state index in [-0.39, 0.29) is 0 Å². The van der Waals surface area contributed by atoms with E-state index >= 15 is 0 Å². The fraction of sp³-hybridized carbons (Fsp3) is 0.630. The third-order valence-corrected chi connectivity index (χ3v) is 7.36. The number of hydrogen-bond donors (Lipinski definition) is 1. The van der Waals surface area contributed by atoms with E-state index in [0.717, 1.165) is 63.8 Å². The summed E-state index contributed by atoms with van der Waals surface area (Å²) in [6.07, 6.45) is 4.51. The standard InChI is InChI=1S/C27H40N4O2/c1-19(2)25-16-23(17-26-29-30-27(33-26)22-7-5-20(3)6-8-22)21(4)15-24(25)18-28-9-10-31-11-13-32-14-12-31/h5-8,15,19,23-25,28H,9-14,16-18H2,1-4H3/t23-,24-,25-/m0/s1. The molecule has 1 aromatic heterocycles. The molecule has 6 nitrogen and oxygen atoms in total. The summed E-state index contributed by atoms with van der Waals surface area (Å²) in [5.41, 5.74) is 3.67. The fourth-order valence-electron chi connectivity index (χ4n) is 5.20. The van der Waals surface area contributed by atoms with Crippen LogP contribution in [0, 0.1) is 30.6 Å². The molecule has 0 radical (unpaired) electrons. The number of morpholine rings is 1. The number of rotatable bonds is 9. The lowest BCUT2D eigenvalue weighted by Gasteiger charge is -2.37. The lowest BCUT2D eigenvalue weighted by Crippen LogP contribution is -2.42. The lowest BCUT2D eigenvalue weighted by atomic mass is 9.70. The maximum atomic E-state index is 6.04. The van der Waals surface area contributed by atoms with Crippen molar-refractivity contribution in [2.75, 3.05) is 45.9 Å². The van der Waals surface area contributed by atoms with Gasteiger partial charge in [0.15, 0.2) is 0 Å². The molecular formula is C27H40N4O2. The minimum Gasteiger partial charge on any atom is -0.421 e. The third-order valence-electron chi connectivity index (χ3n) is 7.36. The Morgan fingerprint density at radius 2 is 1.85 bits per heavy atom. The first-order chi connectivity index (χ1) is 16.0. The summed E-state index contributed by atoms with van der Waals surface area (Å²) in [5.74, 6) is 3.71. The molecular weight excluding hydrogens is 412 g/mol. The van der Waals surface area contributed by atoms with Crippen LogP contribution in [0.1, 0.15) is 38.6 Å². The van der Waals surface area contributed by atoms with Crippen LogP contribution in [0.3, 0.4) is 0 Å². The first-order valence-corrected chi connectivity index (χ1v) is 12.6. The van der Waals surface area contributed by atoms with E-state index in [9.17, 15) is 0 Å². The Hall–Kier alpha value is -2.02. The summed E-state index contributed by atoms with van der Waals surface area (Å²) in [6, 6.07) is 8.25. The summed E-state index contributed by atoms with van der Waals surface area (Å²) in [6.45, 7) is 16.1. The largest absolute Gasteiger partial charge is 0.421 e. The van der Waals surface area contributed by atoms with Gasteiger partial charge in [-0.15, -0.1) is 10.2 Å². The molecule has 0 spiro atoms. The summed E-state index contributed by atoms with van der Waals surface area (Å²) in [7, 11) is 0. The summed E-state index contributed by atoms with van der Waals surface area (Å²) in [4.78, 5) is 2.49. The minimum absolute atomic E-state index is 0.466. The predicted octanol–water partition coefficient (Wildman–Crippen LogP) is 4.36. The van der Waals surface area contributed by atoms with Gasteiger partial charge in [0.05, 0.1) is 13.2 Å². The van der Waals surface area contributed by atoms with Crippen molar-refractivity contribution in [2.24, 2.45) is 23.7 Å². The van der Waals surface area contributed by atoms with Crippen LogP contribution in [0.15, 0.2) is 40.3 Å². The Balaban J connectivity index is 1.33. The fourth-order valence-corrected chi connectivity index (χ4v) is 5.20. The monoisotopic (exact) mass is 452 g/mol. The van der Waals surface area contributed by atoms with Gasteiger partial charge in [-0.1, -0.05) is 43.2 Å². The van der Waals surface area contributed by atoms with Crippen LogP contribution in [-0.4, -0.2) is 61.0 Å². The van der Waals surface area contributed by atoms with Crippen LogP contribution in [0.2, 0.25) is 0 Å². The highest BCUT2D eigenvalue weighted by atomic mass is 16.5. The predicted molar refractivity (Wildman–Crippen MR) is 132 cm³/mol. The van der Waals surface area contributed by atoms with Crippen molar-refractivity contribution in [3.05, 3.63) is 47.4 Å². The Bertz CT molecular complexity index is 899. The van der Waals surface area contributed by atoms with Crippen LogP contribution >= 0.6 is 0 Å². The summed E-state index contributed by atoms with van der Waals surface area (Å²) < 4.78 is 11.5. The van der Waals surface area contributed by atoms with E-state index < -0.39 is 0 Å². The van der Waals surface area contributed by atoms with Crippen LogP contribution < -0.4 is 5.32 Å². The van der Waals surface area contributed by atoms with Crippen molar-refractivity contribution >= 4 is 0 Å². The first-order valence-electron chi connectivity index (χ1n) is 12.6. The average molecular weight is 453 g/mol. The normalized spacial score (nSPS) is 24.3. The van der Waals surface area contributed by atoms with Gasteiger partial charge in [0.2, 0.25) is 11.8 Å². The van der Waals surface area contributed by atoms with Crippen molar-refractivity contribution in [1.82, 2.24) is 20.4 Å². The smallest absolute Gasteiger partial charge is 0.247 e. The molecule has 6 heteroatoms. The maximum absolute atomic E-state index is 6.04. The van der Waals surface area contributed by atoms with Gasteiger partial charge >= 0.3 is 0 Å². The van der Waals surface area contributed by atoms with Crippen molar-refractivity contribution in [3.8, 4) is 11.5 Å². The highest BCUT2D eigenvalue weighted by molar-refractivity contribution is 5.52. The van der Waals surface area contributed by atoms with Crippen molar-refractivity contribution in [3.63, 3.8) is 0 Å². The molecule has 4 rings (SSSR count). The summed E-state index contributed by atoms with van der Waals surface area (Å²) in [5, 5.41) is 12.4. The molecule has 0 bridgehead atoms. The number of aromatic nitrogens is 2. The number of ether oxygens (including phenoxy) is 1. The maximum Gasteiger partial charge on any atom is 0.247 e. The van der Waals surface area contributed by atoms with Crippen LogP contribution in [0.4, 0.5) is 0 Å². The van der Waals surface area contributed by atoms with Gasteiger partial charge in [0.25, 0.3) is 0 Å². The van der Waals surface area contributed by atoms with E-state index in [4.69, 9.17) is 9.15 Å². The molecule has 2 aliphatic rings. The highest BCUT2D eigenvalue weighted by Gasteiger charge is 2.32. The number of hydrogen-bond acceptors (Lipinski definition) is 6. The Kier molecular flexibility index (Phi) is 8.34. The zero-order valence-electron chi connectivity index (χ0n) is 20.7. The lowest BCUT2D eigenvalue weighted by molar-refractivity contribution is 0.0382. The second kappa shape index (κ2) is 11.4. The van der Waals surface area contributed by atoms with Crippen molar-refractivity contribution in [1.29, 1.82) is 0 Å². The third kappa shape index (κ3) is 6.52. The number of benzene rings is 1. The number of nitrogens with one attached hydrogen (secondary N) is 1. The van der Waals surface area contributed by atoms with Crippen molar-refractivity contribution < 1.29 is 9.15 Å². The SMILES string of the molecule is CC1=C[C@@H](CNCCN2CCOCC2)[C@H](C(C)C)C[C@H]1Cc1nnc(-c2ccc(C)cc2)o1. The van der Waals surface area contributed by atoms with Gasteiger partial charge in [0.1, 0.15) is 0 Å². The van der Waals surface area contributed by atoms with Crippen molar-refractivity contribution in [2.45, 2.75) is 40.5 Å². The van der Waals surface area contributed by atoms with Gasteiger partial charge in [-0.25, -0.2) is 0 Å². The molecule has 1 N–H and O–H groups in total. The molecule has 1 aromatic carbocycles. The Morgan fingerprint density at radius 3 is 2.58 bits per heavy atom. The van der Waals surface area contributed by atoms with Gasteiger partial charge < -0.3 is 14.5 Å². The molecule has 2 aromatic rings. The van der Waals surface area contributed by atoms with E-state index in [1.807, 2.05) is 12.1 Å². The highest BCUT2D eigenvalue weighted by Crippen LogP contribution is 2.38. The first kappa shape index (κ1) is 24.1. The topological polar surface area (TPSA) is 63.4 Å². The van der Waals surface area contributed by atoms with Gasteiger partial charge in [-0.2, -0.15) is 0 Å². The molecule has 0 unspecified atom stereocenters. The molecule has 33 heavy (non-hydrogen) atoms. The van der Waals surface area contributed by atoms with E-state index in [2.05, 4.69) is 66.3 Å². The molecule has 0 amide bonds. The van der Waals surface area contributed by atoms with E-state index in [1.165, 1.54) is 17.6 Å². The van der Waals surface area contributed by atoms with Gasteiger partial charge in [-0.3, -0.25) is 4.90 Å². The second-order valence-electron chi connectivity index (χ2n) is 10.1. The molecule has 1 fully saturated rings. The molecule has 1 aliphatic carbocycles. The number of allylic oxidation sites excluding steroid dienone is 1. The van der Waals surface area contributed by atoms with Crippen LogP contribution in [0.5, 0.6) is 0 Å². The Morgan fingerprint density at radius 1 is 1.09 bits per heavy atom. The molecule has 1 aliphatic heterocycles. The van der Waals surface area contributed by atoms with E-state index in [1.54, 1.807) is 0 Å². The molecule has 2 heterocycles. The molecule has 1 saturated heterocycles. The number of nitrogens with zero attached hydrogens (tertiary/aromatic N) is 3. The molecule has 180 valence electrons. The van der Waals surface area contributed by atoms with Gasteiger partial charge in [0, 0.05) is 44.7 Å². The van der Waals surface area contributed by atoms with E-state index in [0.29, 0.717) is 29.6 Å². The molecule has 0 saturated carbocycles. The van der Waals surface area contributed by atoms with Gasteiger partial charge in [-0.05, 0) is 56.1 Å². The Labute approximate surface area is 198 Å². The zero-order chi connectivity index (χ0) is 23.2.